The summed E-state index contributed by atoms with van der Waals surface area (Å²) in [5.41, 5.74) is 1.77. The highest BCUT2D eigenvalue weighted by atomic mass is 16.3. The average molecular weight is 259 g/mol. The summed E-state index contributed by atoms with van der Waals surface area (Å²) in [5, 5.41) is 16.0. The number of aryl methyl sites for hydroxylation is 1. The number of nitrogens with zero attached hydrogens (tertiary/aromatic N) is 2. The third-order valence-corrected chi connectivity index (χ3v) is 2.69. The summed E-state index contributed by atoms with van der Waals surface area (Å²) in [4.78, 5) is 11.9. The number of carbonyl (C=O) groups excluding carboxylic acids is 1. The monoisotopic (exact) mass is 259 g/mol. The molecule has 0 aliphatic carbocycles. The molecule has 0 aliphatic rings. The van der Waals surface area contributed by atoms with E-state index in [1.165, 1.54) is 0 Å². The molecule has 1 aromatic carbocycles. The molecule has 2 rings (SSSR count). The maximum atomic E-state index is 11.9. The fourth-order valence-corrected chi connectivity index (χ4v) is 1.88. The molecule has 0 atom stereocenters. The van der Waals surface area contributed by atoms with Crippen molar-refractivity contribution in [1.82, 2.24) is 9.78 Å². The Hall–Kier alpha value is -2.14. The van der Waals surface area contributed by atoms with Crippen LogP contribution in [-0.2, 0) is 17.8 Å². The highest BCUT2D eigenvalue weighted by Crippen LogP contribution is 2.11. The SMILES string of the molecule is Cc1cc(NC(=O)Cc2ccccc2)n(CCO)n1. The van der Waals surface area contributed by atoms with E-state index in [1.807, 2.05) is 37.3 Å². The summed E-state index contributed by atoms with van der Waals surface area (Å²) in [6.45, 7) is 2.21. The number of carbonyl (C=O) groups is 1. The molecule has 5 heteroatoms. The zero-order valence-electron chi connectivity index (χ0n) is 10.8. The Kier molecular flexibility index (Phi) is 4.30. The van der Waals surface area contributed by atoms with Gasteiger partial charge in [0.1, 0.15) is 5.82 Å². The van der Waals surface area contributed by atoms with Crippen molar-refractivity contribution < 1.29 is 9.90 Å². The van der Waals surface area contributed by atoms with Crippen LogP contribution in [0.4, 0.5) is 5.82 Å². The van der Waals surface area contributed by atoms with Gasteiger partial charge in [-0.25, -0.2) is 4.68 Å². The van der Waals surface area contributed by atoms with Crippen molar-refractivity contribution in [3.63, 3.8) is 0 Å². The van der Waals surface area contributed by atoms with Crippen molar-refractivity contribution in [2.45, 2.75) is 19.9 Å². The van der Waals surface area contributed by atoms with Crippen LogP contribution < -0.4 is 5.32 Å². The molecule has 19 heavy (non-hydrogen) atoms. The number of amides is 1. The number of hydrogen-bond donors (Lipinski definition) is 2. The molecule has 1 heterocycles. The minimum atomic E-state index is -0.0923. The Morgan fingerprint density at radius 3 is 2.79 bits per heavy atom. The zero-order valence-corrected chi connectivity index (χ0v) is 10.8. The molecule has 0 bridgehead atoms. The van der Waals surface area contributed by atoms with E-state index in [-0.39, 0.29) is 12.5 Å². The summed E-state index contributed by atoms with van der Waals surface area (Å²) in [6.07, 6.45) is 0.324. The van der Waals surface area contributed by atoms with Crippen molar-refractivity contribution in [1.29, 1.82) is 0 Å². The van der Waals surface area contributed by atoms with Crippen LogP contribution in [0.2, 0.25) is 0 Å². The lowest BCUT2D eigenvalue weighted by molar-refractivity contribution is -0.115. The Labute approximate surface area is 111 Å². The molecule has 100 valence electrons. The molecule has 0 spiro atoms. The van der Waals surface area contributed by atoms with Crippen LogP contribution in [0.15, 0.2) is 36.4 Å². The standard InChI is InChI=1S/C14H17N3O2/c1-11-9-13(17(16-11)7-8-18)15-14(19)10-12-5-3-2-4-6-12/h2-6,9,18H,7-8,10H2,1H3,(H,15,19). The lowest BCUT2D eigenvalue weighted by Crippen LogP contribution is -2.18. The summed E-state index contributed by atoms with van der Waals surface area (Å²) < 4.78 is 1.60. The average Bonchev–Trinajstić information content (AvgIpc) is 2.71. The van der Waals surface area contributed by atoms with Gasteiger partial charge >= 0.3 is 0 Å². The van der Waals surface area contributed by atoms with Crippen molar-refractivity contribution in [2.24, 2.45) is 0 Å². The number of anilines is 1. The summed E-state index contributed by atoms with van der Waals surface area (Å²) in [6, 6.07) is 11.3. The first-order valence-corrected chi connectivity index (χ1v) is 6.18. The molecular weight excluding hydrogens is 242 g/mol. The lowest BCUT2D eigenvalue weighted by Gasteiger charge is -2.07. The number of aliphatic hydroxyl groups is 1. The topological polar surface area (TPSA) is 67.2 Å². The molecule has 5 nitrogen and oxygen atoms in total. The smallest absolute Gasteiger partial charge is 0.229 e. The summed E-state index contributed by atoms with van der Waals surface area (Å²) >= 11 is 0. The van der Waals surface area contributed by atoms with Gasteiger partial charge in [0.05, 0.1) is 25.3 Å². The minimum absolute atomic E-state index is 0.0112. The number of benzene rings is 1. The summed E-state index contributed by atoms with van der Waals surface area (Å²) in [5.74, 6) is 0.526. The second-order valence-corrected chi connectivity index (χ2v) is 4.33. The Bertz CT molecular complexity index is 549. The molecule has 2 aromatic rings. The van der Waals surface area contributed by atoms with Crippen molar-refractivity contribution in [3.8, 4) is 0 Å². The molecule has 0 saturated carbocycles. The number of hydrogen-bond acceptors (Lipinski definition) is 3. The van der Waals surface area contributed by atoms with Crippen LogP contribution >= 0.6 is 0 Å². The van der Waals surface area contributed by atoms with Gasteiger partial charge in [0.25, 0.3) is 0 Å². The maximum absolute atomic E-state index is 11.9. The molecule has 0 radical (unpaired) electrons. The molecule has 0 aliphatic heterocycles. The molecule has 0 unspecified atom stereocenters. The first kappa shape index (κ1) is 13.3. The van der Waals surface area contributed by atoms with Gasteiger partial charge in [0, 0.05) is 6.07 Å². The van der Waals surface area contributed by atoms with Crippen LogP contribution in [0.5, 0.6) is 0 Å². The zero-order chi connectivity index (χ0) is 13.7. The van der Waals surface area contributed by atoms with Gasteiger partial charge < -0.3 is 10.4 Å². The van der Waals surface area contributed by atoms with Crippen LogP contribution in [0.25, 0.3) is 0 Å². The van der Waals surface area contributed by atoms with E-state index >= 15 is 0 Å². The normalized spacial score (nSPS) is 10.4. The van der Waals surface area contributed by atoms with E-state index in [4.69, 9.17) is 5.11 Å². The molecule has 0 saturated heterocycles. The van der Waals surface area contributed by atoms with Crippen molar-refractivity contribution in [3.05, 3.63) is 47.7 Å². The molecule has 0 fully saturated rings. The Balaban J connectivity index is 2.02. The van der Waals surface area contributed by atoms with Crippen LogP contribution in [-0.4, -0.2) is 27.4 Å². The largest absolute Gasteiger partial charge is 0.394 e. The molecule has 1 aromatic heterocycles. The van der Waals surface area contributed by atoms with E-state index in [0.717, 1.165) is 11.3 Å². The van der Waals surface area contributed by atoms with Gasteiger partial charge in [-0.15, -0.1) is 0 Å². The highest BCUT2D eigenvalue weighted by molar-refractivity contribution is 5.91. The number of aliphatic hydroxyl groups excluding tert-OH is 1. The van der Waals surface area contributed by atoms with E-state index < -0.39 is 0 Å². The minimum Gasteiger partial charge on any atom is -0.394 e. The number of nitrogens with one attached hydrogen (secondary N) is 1. The predicted molar refractivity (Wildman–Crippen MR) is 72.8 cm³/mol. The third-order valence-electron chi connectivity index (χ3n) is 2.69. The maximum Gasteiger partial charge on any atom is 0.229 e. The number of aromatic nitrogens is 2. The third kappa shape index (κ3) is 3.66. The molecule has 1 amide bonds. The Morgan fingerprint density at radius 1 is 1.37 bits per heavy atom. The van der Waals surface area contributed by atoms with Gasteiger partial charge in [-0.1, -0.05) is 30.3 Å². The van der Waals surface area contributed by atoms with E-state index in [1.54, 1.807) is 10.7 Å². The second kappa shape index (κ2) is 6.15. The van der Waals surface area contributed by atoms with Gasteiger partial charge in [-0.05, 0) is 12.5 Å². The first-order valence-electron chi connectivity index (χ1n) is 6.18. The fraction of sp³-hybridized carbons (Fsp3) is 0.286. The molecule has 2 N–H and O–H groups in total. The first-order chi connectivity index (χ1) is 9.19. The quantitative estimate of drug-likeness (QED) is 0.852. The van der Waals surface area contributed by atoms with Crippen molar-refractivity contribution in [2.75, 3.05) is 11.9 Å². The number of rotatable bonds is 5. The van der Waals surface area contributed by atoms with Gasteiger partial charge in [-0.3, -0.25) is 4.79 Å². The van der Waals surface area contributed by atoms with Crippen LogP contribution in [0, 0.1) is 6.92 Å². The Morgan fingerprint density at radius 2 is 2.11 bits per heavy atom. The van der Waals surface area contributed by atoms with Gasteiger partial charge in [0.15, 0.2) is 0 Å². The molecular formula is C14H17N3O2. The van der Waals surface area contributed by atoms with Crippen LogP contribution in [0.1, 0.15) is 11.3 Å². The fourth-order valence-electron chi connectivity index (χ4n) is 1.88. The van der Waals surface area contributed by atoms with Gasteiger partial charge in [-0.2, -0.15) is 5.10 Å². The lowest BCUT2D eigenvalue weighted by atomic mass is 10.1. The van der Waals surface area contributed by atoms with Crippen LogP contribution in [0.3, 0.4) is 0 Å². The summed E-state index contributed by atoms with van der Waals surface area (Å²) in [7, 11) is 0. The van der Waals surface area contributed by atoms with Crippen molar-refractivity contribution >= 4 is 11.7 Å². The predicted octanol–water partition coefficient (Wildman–Crippen LogP) is 1.37. The highest BCUT2D eigenvalue weighted by Gasteiger charge is 2.09. The van der Waals surface area contributed by atoms with E-state index in [2.05, 4.69) is 10.4 Å². The van der Waals surface area contributed by atoms with Gasteiger partial charge in [0.2, 0.25) is 5.91 Å². The van der Waals surface area contributed by atoms with E-state index in [0.29, 0.717) is 18.8 Å². The van der Waals surface area contributed by atoms with E-state index in [9.17, 15) is 4.79 Å². The second-order valence-electron chi connectivity index (χ2n) is 4.33.